The smallest absolute Gasteiger partial charge is 0.422 e. The van der Waals surface area contributed by atoms with E-state index in [1.54, 1.807) is 6.92 Å². The second-order valence-electron chi connectivity index (χ2n) is 6.71. The highest BCUT2D eigenvalue weighted by Crippen LogP contribution is 2.27. The molecule has 0 heterocycles. The summed E-state index contributed by atoms with van der Waals surface area (Å²) in [5, 5.41) is 5.00. The third kappa shape index (κ3) is 6.82. The highest BCUT2D eigenvalue weighted by atomic mass is 32.2. The fraction of sp³-hybridized carbons (Fsp3) is 0.316. The minimum Gasteiger partial charge on any atom is -0.482 e. The summed E-state index contributed by atoms with van der Waals surface area (Å²) in [6, 6.07) is 7.15. The number of amides is 1. The molecule has 0 fully saturated rings. The first-order valence-electron chi connectivity index (χ1n) is 8.85. The van der Waals surface area contributed by atoms with Gasteiger partial charge in [0.15, 0.2) is 6.61 Å². The van der Waals surface area contributed by atoms with Gasteiger partial charge in [-0.15, -0.1) is 0 Å². The maximum atomic E-state index is 13.5. The molecule has 0 aliphatic rings. The predicted molar refractivity (Wildman–Crippen MR) is 107 cm³/mol. The molecule has 2 aromatic carbocycles. The van der Waals surface area contributed by atoms with Gasteiger partial charge < -0.3 is 15.4 Å². The van der Waals surface area contributed by atoms with E-state index in [1.807, 2.05) is 0 Å². The summed E-state index contributed by atoms with van der Waals surface area (Å²) in [6.45, 7) is -0.405. The lowest BCUT2D eigenvalue weighted by Crippen LogP contribution is -2.25. The van der Waals surface area contributed by atoms with Crippen molar-refractivity contribution in [1.82, 2.24) is 4.31 Å². The van der Waals surface area contributed by atoms with Crippen molar-refractivity contribution in [3.05, 3.63) is 47.8 Å². The van der Waals surface area contributed by atoms with E-state index in [-0.39, 0.29) is 22.0 Å². The zero-order valence-electron chi connectivity index (χ0n) is 16.9. The second-order valence-corrected chi connectivity index (χ2v) is 8.83. The van der Waals surface area contributed by atoms with Gasteiger partial charge in [-0.2, -0.15) is 13.2 Å². The lowest BCUT2D eigenvalue weighted by atomic mass is 10.2. The molecule has 0 saturated heterocycles. The summed E-state index contributed by atoms with van der Waals surface area (Å²) in [7, 11) is -0.981. The Balaban J connectivity index is 2.10. The van der Waals surface area contributed by atoms with E-state index in [4.69, 9.17) is 0 Å². The van der Waals surface area contributed by atoms with Crippen LogP contribution in [0.5, 0.6) is 5.75 Å². The number of alkyl halides is 3. The molecule has 2 rings (SSSR count). The molecule has 0 atom stereocenters. The quantitative estimate of drug-likeness (QED) is 0.586. The van der Waals surface area contributed by atoms with Crippen LogP contribution in [-0.4, -0.2) is 52.1 Å². The van der Waals surface area contributed by atoms with Crippen molar-refractivity contribution in [2.45, 2.75) is 18.0 Å². The van der Waals surface area contributed by atoms with Crippen LogP contribution in [0.3, 0.4) is 0 Å². The standard InChI is InChI=1S/C19H21F4N3O4S/c1-12-4-6-14(9-17(12)31(28,29)26(2)3)25-18(27)10-24-15-8-13(20)5-7-16(15)30-11-19(21,22)23/h4-9,24H,10-11H2,1-3H3,(H,25,27). The van der Waals surface area contributed by atoms with Gasteiger partial charge in [0.1, 0.15) is 11.6 Å². The number of sulfonamides is 1. The van der Waals surface area contributed by atoms with Crippen molar-refractivity contribution in [3.8, 4) is 5.75 Å². The van der Waals surface area contributed by atoms with E-state index >= 15 is 0 Å². The summed E-state index contributed by atoms with van der Waals surface area (Å²) in [5.74, 6) is -1.65. The average Bonchev–Trinajstić information content (AvgIpc) is 2.66. The first kappa shape index (κ1) is 24.4. The molecule has 2 N–H and O–H groups in total. The number of anilines is 2. The topological polar surface area (TPSA) is 87.7 Å². The van der Waals surface area contributed by atoms with E-state index in [0.717, 1.165) is 22.5 Å². The number of aryl methyl sites for hydroxylation is 1. The minimum atomic E-state index is -4.58. The summed E-state index contributed by atoms with van der Waals surface area (Å²) in [4.78, 5) is 12.2. The van der Waals surface area contributed by atoms with E-state index in [0.29, 0.717) is 5.56 Å². The molecule has 31 heavy (non-hydrogen) atoms. The van der Waals surface area contributed by atoms with Crippen LogP contribution in [-0.2, 0) is 14.8 Å². The number of hydrogen-bond acceptors (Lipinski definition) is 5. The molecule has 0 unspecified atom stereocenters. The number of ether oxygens (including phenoxy) is 1. The van der Waals surface area contributed by atoms with E-state index in [1.165, 1.54) is 32.3 Å². The van der Waals surface area contributed by atoms with Crippen molar-refractivity contribution < 1.29 is 35.5 Å². The molecule has 0 aliphatic carbocycles. The van der Waals surface area contributed by atoms with Crippen LogP contribution in [0, 0.1) is 12.7 Å². The van der Waals surface area contributed by atoms with Crippen LogP contribution < -0.4 is 15.4 Å². The number of hydrogen-bond donors (Lipinski definition) is 2. The Morgan fingerprint density at radius 3 is 2.42 bits per heavy atom. The van der Waals surface area contributed by atoms with Crippen molar-refractivity contribution in [2.75, 3.05) is 37.9 Å². The molecule has 0 aliphatic heterocycles. The SMILES string of the molecule is Cc1ccc(NC(=O)CNc2cc(F)ccc2OCC(F)(F)F)cc1S(=O)(=O)N(C)C. The van der Waals surface area contributed by atoms with Gasteiger partial charge in [-0.3, -0.25) is 4.79 Å². The Labute approximate surface area is 177 Å². The number of carbonyl (C=O) groups excluding carboxylic acids is 1. The molecular weight excluding hydrogens is 442 g/mol. The molecule has 0 saturated carbocycles. The zero-order valence-corrected chi connectivity index (χ0v) is 17.7. The normalized spacial score (nSPS) is 12.0. The number of nitrogens with one attached hydrogen (secondary N) is 2. The average molecular weight is 463 g/mol. The molecule has 0 radical (unpaired) electrons. The lowest BCUT2D eigenvalue weighted by molar-refractivity contribution is -0.153. The van der Waals surface area contributed by atoms with Gasteiger partial charge in [0.25, 0.3) is 0 Å². The fourth-order valence-electron chi connectivity index (χ4n) is 2.46. The molecule has 170 valence electrons. The van der Waals surface area contributed by atoms with Gasteiger partial charge in [-0.1, -0.05) is 6.07 Å². The highest BCUT2D eigenvalue weighted by molar-refractivity contribution is 7.89. The Kier molecular flexibility index (Phi) is 7.49. The molecule has 0 aromatic heterocycles. The summed E-state index contributed by atoms with van der Waals surface area (Å²) >= 11 is 0. The molecule has 0 bridgehead atoms. The lowest BCUT2D eigenvalue weighted by Gasteiger charge is -2.16. The van der Waals surface area contributed by atoms with Crippen LogP contribution in [0.2, 0.25) is 0 Å². The molecule has 0 spiro atoms. The molecule has 7 nitrogen and oxygen atoms in total. The van der Waals surface area contributed by atoms with Crippen molar-refractivity contribution in [3.63, 3.8) is 0 Å². The fourth-order valence-corrected chi connectivity index (χ4v) is 3.60. The van der Waals surface area contributed by atoms with Crippen molar-refractivity contribution in [2.24, 2.45) is 0 Å². The van der Waals surface area contributed by atoms with Gasteiger partial charge in [-0.05, 0) is 36.8 Å². The number of rotatable bonds is 8. The number of benzene rings is 2. The summed E-state index contributed by atoms with van der Waals surface area (Å²) in [5.41, 5.74) is 0.542. The first-order chi connectivity index (χ1) is 14.3. The third-order valence-corrected chi connectivity index (χ3v) is 5.96. The largest absolute Gasteiger partial charge is 0.482 e. The molecule has 12 heteroatoms. The molecule has 1 amide bonds. The predicted octanol–water partition coefficient (Wildman–Crippen LogP) is 3.38. The van der Waals surface area contributed by atoms with Crippen molar-refractivity contribution >= 4 is 27.3 Å². The van der Waals surface area contributed by atoms with Gasteiger partial charge in [0, 0.05) is 25.8 Å². The summed E-state index contributed by atoms with van der Waals surface area (Å²) < 4.78 is 81.0. The Morgan fingerprint density at radius 1 is 1.13 bits per heavy atom. The van der Waals surface area contributed by atoms with E-state index < -0.39 is 41.1 Å². The van der Waals surface area contributed by atoms with Gasteiger partial charge in [0.05, 0.1) is 17.1 Å². The van der Waals surface area contributed by atoms with Gasteiger partial charge >= 0.3 is 6.18 Å². The van der Waals surface area contributed by atoms with Crippen molar-refractivity contribution in [1.29, 1.82) is 0 Å². The zero-order chi connectivity index (χ0) is 23.4. The van der Waals surface area contributed by atoms with Crippen LogP contribution >= 0.6 is 0 Å². The molecule has 2 aromatic rings. The van der Waals surface area contributed by atoms with Crippen LogP contribution in [0.4, 0.5) is 28.9 Å². The molecular formula is C19H21F4N3O4S. The summed E-state index contributed by atoms with van der Waals surface area (Å²) in [6.07, 6.45) is -4.58. The van der Waals surface area contributed by atoms with Crippen LogP contribution in [0.25, 0.3) is 0 Å². The number of halogens is 4. The maximum Gasteiger partial charge on any atom is 0.422 e. The second kappa shape index (κ2) is 9.52. The van der Waals surface area contributed by atoms with Crippen LogP contribution in [0.15, 0.2) is 41.3 Å². The Morgan fingerprint density at radius 2 is 1.81 bits per heavy atom. The highest BCUT2D eigenvalue weighted by Gasteiger charge is 2.29. The first-order valence-corrected chi connectivity index (χ1v) is 10.3. The number of carbonyl (C=O) groups is 1. The van der Waals surface area contributed by atoms with E-state index in [9.17, 15) is 30.8 Å². The van der Waals surface area contributed by atoms with Gasteiger partial charge in [-0.25, -0.2) is 17.1 Å². The maximum absolute atomic E-state index is 13.5. The Bertz CT molecular complexity index is 1060. The minimum absolute atomic E-state index is 0.0104. The van der Waals surface area contributed by atoms with Crippen LogP contribution in [0.1, 0.15) is 5.56 Å². The van der Waals surface area contributed by atoms with Gasteiger partial charge in [0.2, 0.25) is 15.9 Å². The van der Waals surface area contributed by atoms with E-state index in [2.05, 4.69) is 15.4 Å². The third-order valence-electron chi connectivity index (χ3n) is 4.00. The monoisotopic (exact) mass is 463 g/mol. The number of nitrogens with zero attached hydrogens (tertiary/aromatic N) is 1. The Hall–Kier alpha value is -2.86.